The Labute approximate surface area is 122 Å². The van der Waals surface area contributed by atoms with Gasteiger partial charge in [0, 0.05) is 25.0 Å². The topological polar surface area (TPSA) is 29.3 Å². The van der Waals surface area contributed by atoms with Crippen molar-refractivity contribution in [3.63, 3.8) is 0 Å². The molecule has 2 nitrogen and oxygen atoms in total. The van der Waals surface area contributed by atoms with Crippen molar-refractivity contribution >= 4 is 11.4 Å². The smallest absolute Gasteiger partial charge is 0.0431 e. The van der Waals surface area contributed by atoms with Gasteiger partial charge in [-0.2, -0.15) is 0 Å². The standard InChI is InChI=1S/C18H24N2/c1-12-10-13(2)15(4)18(14(12)3)11-20(5)17-8-6-16(19)7-9-17/h6-10H,11,19H2,1-5H3. The minimum absolute atomic E-state index is 0.806. The minimum Gasteiger partial charge on any atom is -0.399 e. The summed E-state index contributed by atoms with van der Waals surface area (Å²) in [6, 6.07) is 10.3. The van der Waals surface area contributed by atoms with Crippen molar-refractivity contribution in [2.45, 2.75) is 34.2 Å². The van der Waals surface area contributed by atoms with Gasteiger partial charge < -0.3 is 10.6 Å². The third-order valence-electron chi connectivity index (χ3n) is 4.25. The van der Waals surface area contributed by atoms with E-state index < -0.39 is 0 Å². The molecule has 0 spiro atoms. The second-order valence-corrected chi connectivity index (χ2v) is 5.69. The van der Waals surface area contributed by atoms with E-state index in [1.54, 1.807) is 0 Å². The predicted molar refractivity (Wildman–Crippen MR) is 88.4 cm³/mol. The van der Waals surface area contributed by atoms with Crippen molar-refractivity contribution in [3.8, 4) is 0 Å². The number of aryl methyl sites for hydroxylation is 2. The van der Waals surface area contributed by atoms with Crippen LogP contribution in [0.3, 0.4) is 0 Å². The van der Waals surface area contributed by atoms with Crippen LogP contribution in [0.5, 0.6) is 0 Å². The van der Waals surface area contributed by atoms with Crippen LogP contribution in [0.4, 0.5) is 11.4 Å². The molecule has 106 valence electrons. The van der Waals surface area contributed by atoms with Crippen LogP contribution < -0.4 is 10.6 Å². The first-order valence-electron chi connectivity index (χ1n) is 7.03. The van der Waals surface area contributed by atoms with Crippen LogP contribution in [0.1, 0.15) is 27.8 Å². The zero-order valence-corrected chi connectivity index (χ0v) is 13.1. The summed E-state index contributed by atoms with van der Waals surface area (Å²) in [5, 5.41) is 0. The first-order valence-corrected chi connectivity index (χ1v) is 7.03. The van der Waals surface area contributed by atoms with Crippen molar-refractivity contribution in [1.29, 1.82) is 0 Å². The van der Waals surface area contributed by atoms with E-state index in [1.165, 1.54) is 33.5 Å². The predicted octanol–water partition coefficient (Wildman–Crippen LogP) is 4.14. The van der Waals surface area contributed by atoms with Crippen molar-refractivity contribution in [3.05, 3.63) is 58.1 Å². The minimum atomic E-state index is 0.806. The molecule has 2 rings (SSSR count). The Morgan fingerprint density at radius 1 is 0.900 bits per heavy atom. The molecule has 2 N–H and O–H groups in total. The SMILES string of the molecule is Cc1cc(C)c(C)c(CN(C)c2ccc(N)cc2)c1C. The molecule has 2 aromatic carbocycles. The maximum Gasteiger partial charge on any atom is 0.0431 e. The molecule has 0 aliphatic heterocycles. The van der Waals surface area contributed by atoms with Crippen LogP contribution in [0.25, 0.3) is 0 Å². The zero-order chi connectivity index (χ0) is 14.9. The number of hydrogen-bond acceptors (Lipinski definition) is 2. The van der Waals surface area contributed by atoms with Gasteiger partial charge in [0.15, 0.2) is 0 Å². The molecule has 0 heterocycles. The summed E-state index contributed by atoms with van der Waals surface area (Å²) in [4.78, 5) is 2.27. The summed E-state index contributed by atoms with van der Waals surface area (Å²) in [6.45, 7) is 9.73. The van der Waals surface area contributed by atoms with E-state index in [9.17, 15) is 0 Å². The van der Waals surface area contributed by atoms with Crippen molar-refractivity contribution in [2.24, 2.45) is 0 Å². The Kier molecular flexibility index (Phi) is 4.03. The second-order valence-electron chi connectivity index (χ2n) is 5.69. The molecule has 0 radical (unpaired) electrons. The van der Waals surface area contributed by atoms with Crippen LogP contribution in [-0.4, -0.2) is 7.05 Å². The Hall–Kier alpha value is -1.96. The second kappa shape index (κ2) is 5.58. The number of nitrogens with two attached hydrogens (primary N) is 1. The van der Waals surface area contributed by atoms with Crippen LogP contribution in [0.2, 0.25) is 0 Å². The number of nitrogen functional groups attached to an aromatic ring is 1. The molecule has 0 aromatic heterocycles. The van der Waals surface area contributed by atoms with Gasteiger partial charge in [0.25, 0.3) is 0 Å². The van der Waals surface area contributed by atoms with Crippen LogP contribution in [0.15, 0.2) is 30.3 Å². The average Bonchev–Trinajstić information content (AvgIpc) is 2.42. The summed E-state index contributed by atoms with van der Waals surface area (Å²) in [5.74, 6) is 0. The maximum atomic E-state index is 5.75. The molecular formula is C18H24N2. The van der Waals surface area contributed by atoms with Gasteiger partial charge in [-0.15, -0.1) is 0 Å². The van der Waals surface area contributed by atoms with Gasteiger partial charge in [-0.3, -0.25) is 0 Å². The first kappa shape index (κ1) is 14.4. The van der Waals surface area contributed by atoms with Crippen LogP contribution in [0, 0.1) is 27.7 Å². The third kappa shape index (κ3) is 2.79. The van der Waals surface area contributed by atoms with Crippen LogP contribution in [-0.2, 0) is 6.54 Å². The highest BCUT2D eigenvalue weighted by atomic mass is 15.1. The summed E-state index contributed by atoms with van der Waals surface area (Å²) in [5.41, 5.74) is 14.7. The number of nitrogens with zero attached hydrogens (tertiary/aromatic N) is 1. The van der Waals surface area contributed by atoms with E-state index in [2.05, 4.69) is 57.8 Å². The molecule has 20 heavy (non-hydrogen) atoms. The van der Waals surface area contributed by atoms with Gasteiger partial charge in [0.05, 0.1) is 0 Å². The lowest BCUT2D eigenvalue weighted by molar-refractivity contribution is 0.899. The van der Waals surface area contributed by atoms with Crippen molar-refractivity contribution in [2.75, 3.05) is 17.7 Å². The monoisotopic (exact) mass is 268 g/mol. The molecule has 0 unspecified atom stereocenters. The molecule has 2 heteroatoms. The molecule has 0 aliphatic rings. The lowest BCUT2D eigenvalue weighted by Gasteiger charge is -2.23. The third-order valence-corrected chi connectivity index (χ3v) is 4.25. The molecule has 0 saturated heterocycles. The van der Waals surface area contributed by atoms with E-state index in [-0.39, 0.29) is 0 Å². The van der Waals surface area contributed by atoms with E-state index in [0.717, 1.165) is 12.2 Å². The number of hydrogen-bond donors (Lipinski definition) is 1. The Balaban J connectivity index is 2.32. The van der Waals surface area contributed by atoms with E-state index in [0.29, 0.717) is 0 Å². The molecule has 0 bridgehead atoms. The van der Waals surface area contributed by atoms with Gasteiger partial charge in [0.2, 0.25) is 0 Å². The Bertz CT molecular complexity index is 586. The summed E-state index contributed by atoms with van der Waals surface area (Å²) in [7, 11) is 2.13. The lowest BCUT2D eigenvalue weighted by atomic mass is 9.94. The summed E-state index contributed by atoms with van der Waals surface area (Å²) < 4.78 is 0. The molecular weight excluding hydrogens is 244 g/mol. The van der Waals surface area contributed by atoms with Gasteiger partial charge in [-0.05, 0) is 79.8 Å². The largest absolute Gasteiger partial charge is 0.399 e. The van der Waals surface area contributed by atoms with Crippen molar-refractivity contribution < 1.29 is 0 Å². The fraction of sp³-hybridized carbons (Fsp3) is 0.333. The van der Waals surface area contributed by atoms with Gasteiger partial charge in [0.1, 0.15) is 0 Å². The maximum absolute atomic E-state index is 5.75. The Morgan fingerprint density at radius 2 is 1.40 bits per heavy atom. The average molecular weight is 268 g/mol. The fourth-order valence-corrected chi connectivity index (χ4v) is 2.59. The number of benzene rings is 2. The van der Waals surface area contributed by atoms with Crippen LogP contribution >= 0.6 is 0 Å². The highest BCUT2D eigenvalue weighted by molar-refractivity contribution is 5.54. The van der Waals surface area contributed by atoms with Crippen molar-refractivity contribution in [1.82, 2.24) is 0 Å². The number of anilines is 2. The van der Waals surface area contributed by atoms with Gasteiger partial charge in [-0.25, -0.2) is 0 Å². The van der Waals surface area contributed by atoms with E-state index in [4.69, 9.17) is 5.73 Å². The highest BCUT2D eigenvalue weighted by Gasteiger charge is 2.11. The number of rotatable bonds is 3. The molecule has 0 fully saturated rings. The fourth-order valence-electron chi connectivity index (χ4n) is 2.59. The summed E-state index contributed by atoms with van der Waals surface area (Å²) >= 11 is 0. The van der Waals surface area contributed by atoms with E-state index >= 15 is 0 Å². The quantitative estimate of drug-likeness (QED) is 0.848. The lowest BCUT2D eigenvalue weighted by Crippen LogP contribution is -2.18. The van der Waals surface area contributed by atoms with E-state index in [1.807, 2.05) is 12.1 Å². The summed E-state index contributed by atoms with van der Waals surface area (Å²) in [6.07, 6.45) is 0. The van der Waals surface area contributed by atoms with Gasteiger partial charge >= 0.3 is 0 Å². The molecule has 0 saturated carbocycles. The molecule has 0 amide bonds. The van der Waals surface area contributed by atoms with Gasteiger partial charge in [-0.1, -0.05) is 6.07 Å². The Morgan fingerprint density at radius 3 is 1.90 bits per heavy atom. The zero-order valence-electron chi connectivity index (χ0n) is 13.1. The normalized spacial score (nSPS) is 10.7. The molecule has 0 aliphatic carbocycles. The highest BCUT2D eigenvalue weighted by Crippen LogP contribution is 2.25. The molecule has 0 atom stereocenters. The molecule has 2 aromatic rings. The first-order chi connectivity index (χ1) is 9.40.